The number of allylic oxidation sites excluding steroid dienone is 1. The molecule has 3 atom stereocenters. The summed E-state index contributed by atoms with van der Waals surface area (Å²) in [7, 11) is 1.48. The molecular formula is C30H42F2N4O3. The van der Waals surface area contributed by atoms with E-state index in [2.05, 4.69) is 61.2 Å². The zero-order valence-corrected chi connectivity index (χ0v) is 23.3. The maximum absolute atomic E-state index is 13.8. The van der Waals surface area contributed by atoms with Crippen LogP contribution in [0.3, 0.4) is 0 Å². The Kier molecular flexibility index (Phi) is 10.6. The lowest BCUT2D eigenvalue weighted by molar-refractivity contribution is -0.128. The van der Waals surface area contributed by atoms with Crippen molar-refractivity contribution < 1.29 is 23.5 Å². The van der Waals surface area contributed by atoms with Crippen LogP contribution in [0.4, 0.5) is 8.78 Å². The molecule has 0 aliphatic heterocycles. The van der Waals surface area contributed by atoms with E-state index in [1.165, 1.54) is 24.7 Å². The summed E-state index contributed by atoms with van der Waals surface area (Å²) in [5, 5.41) is 17.4. The fraction of sp³-hybridized carbons (Fsp3) is 0.500. The van der Waals surface area contributed by atoms with Gasteiger partial charge >= 0.3 is 0 Å². The topological polar surface area (TPSA) is 109 Å². The Hall–Kier alpha value is -2.85. The summed E-state index contributed by atoms with van der Waals surface area (Å²) < 4.78 is 27.6. The van der Waals surface area contributed by atoms with Gasteiger partial charge in [-0.25, -0.2) is 8.78 Å². The number of halogens is 2. The smallest absolute Gasteiger partial charge is 0.225 e. The average molecular weight is 545 g/mol. The molecule has 0 bridgehead atoms. The quantitative estimate of drug-likeness (QED) is 0.207. The molecule has 0 saturated heterocycles. The summed E-state index contributed by atoms with van der Waals surface area (Å²) >= 11 is 0. The summed E-state index contributed by atoms with van der Waals surface area (Å²) in [6, 6.07) is 11.6. The van der Waals surface area contributed by atoms with E-state index < -0.39 is 35.1 Å². The molecule has 1 amide bonds. The summed E-state index contributed by atoms with van der Waals surface area (Å²) in [4.78, 5) is 18.1. The number of carbonyl (C=O) groups is 1. The fourth-order valence-corrected chi connectivity index (χ4v) is 4.97. The Morgan fingerprint density at radius 1 is 1.18 bits per heavy atom. The summed E-state index contributed by atoms with van der Waals surface area (Å²) in [6.45, 7) is 7.41. The van der Waals surface area contributed by atoms with Crippen LogP contribution in [0.5, 0.6) is 0 Å². The molecule has 1 aliphatic rings. The maximum atomic E-state index is 13.8. The number of nitrogens with one attached hydrogen (secondary N) is 3. The van der Waals surface area contributed by atoms with Gasteiger partial charge in [-0.15, -0.1) is 0 Å². The van der Waals surface area contributed by atoms with Crippen LogP contribution in [0.1, 0.15) is 56.7 Å². The van der Waals surface area contributed by atoms with Gasteiger partial charge in [-0.2, -0.15) is 0 Å². The number of hydroxylamine groups is 1. The third-order valence-corrected chi connectivity index (χ3v) is 7.30. The molecule has 0 aromatic heterocycles. The van der Waals surface area contributed by atoms with Gasteiger partial charge in [-0.1, -0.05) is 51.1 Å². The highest BCUT2D eigenvalue weighted by molar-refractivity contribution is 5.79. The fourth-order valence-electron chi connectivity index (χ4n) is 4.97. The molecule has 0 radical (unpaired) electrons. The normalized spacial score (nSPS) is 19.2. The van der Waals surface area contributed by atoms with Gasteiger partial charge in [0.1, 0.15) is 11.6 Å². The van der Waals surface area contributed by atoms with Gasteiger partial charge < -0.3 is 21.5 Å². The molecule has 2 aromatic carbocycles. The van der Waals surface area contributed by atoms with Crippen LogP contribution < -0.4 is 21.8 Å². The predicted molar refractivity (Wildman–Crippen MR) is 149 cm³/mol. The Morgan fingerprint density at radius 2 is 1.90 bits per heavy atom. The van der Waals surface area contributed by atoms with Crippen molar-refractivity contribution >= 4 is 5.91 Å². The van der Waals surface area contributed by atoms with Crippen molar-refractivity contribution in [2.75, 3.05) is 26.7 Å². The SMILES string of the molecule is CNC(=O)C(Cc1cc(F)cc(F)c1)C(O)CNC1(c2cccc(C(C)(C)C)c2)CC=C(NOCCN)CC1. The van der Waals surface area contributed by atoms with E-state index in [0.717, 1.165) is 23.7 Å². The largest absolute Gasteiger partial charge is 0.391 e. The number of nitrogens with two attached hydrogens (primary N) is 1. The molecule has 0 spiro atoms. The van der Waals surface area contributed by atoms with E-state index in [1.54, 1.807) is 0 Å². The maximum Gasteiger partial charge on any atom is 0.225 e. The minimum absolute atomic E-state index is 0.00381. The molecule has 214 valence electrons. The number of aliphatic hydroxyl groups is 1. The standard InChI is InChI=1S/C30H42F2N4O3/c1-29(2,3)21-6-5-7-22(17-21)30(10-8-25(9-11-30)36-39-13-12-33)35-19-27(37)26(28(38)34-4)16-20-14-23(31)18-24(32)15-20/h5-8,14-15,17-18,26-27,35-37H,9-13,16,19,33H2,1-4H3,(H,34,38). The summed E-state index contributed by atoms with van der Waals surface area (Å²) in [6.07, 6.45) is 3.02. The molecule has 6 N–H and O–H groups in total. The van der Waals surface area contributed by atoms with E-state index in [0.29, 0.717) is 31.6 Å². The Morgan fingerprint density at radius 3 is 2.49 bits per heavy atom. The van der Waals surface area contributed by atoms with Crippen molar-refractivity contribution in [3.05, 3.63) is 82.6 Å². The Bertz CT molecular complexity index is 1130. The van der Waals surface area contributed by atoms with Crippen LogP contribution in [-0.4, -0.2) is 43.9 Å². The zero-order chi connectivity index (χ0) is 28.6. The van der Waals surface area contributed by atoms with Crippen molar-refractivity contribution in [3.8, 4) is 0 Å². The van der Waals surface area contributed by atoms with Crippen LogP contribution in [0, 0.1) is 17.6 Å². The molecule has 3 rings (SSSR count). The van der Waals surface area contributed by atoms with Gasteiger partial charge in [0.15, 0.2) is 0 Å². The molecule has 39 heavy (non-hydrogen) atoms. The van der Waals surface area contributed by atoms with Crippen molar-refractivity contribution in [2.24, 2.45) is 11.7 Å². The highest BCUT2D eigenvalue weighted by Crippen LogP contribution is 2.38. The predicted octanol–water partition coefficient (Wildman–Crippen LogP) is 3.56. The second-order valence-electron chi connectivity index (χ2n) is 11.2. The number of hydrogen-bond donors (Lipinski definition) is 5. The number of carbonyl (C=O) groups excluding carboxylic acids is 1. The molecular weight excluding hydrogens is 502 g/mol. The van der Waals surface area contributed by atoms with Crippen LogP contribution in [0.2, 0.25) is 0 Å². The lowest BCUT2D eigenvalue weighted by atomic mass is 9.76. The minimum Gasteiger partial charge on any atom is -0.391 e. The number of hydrogen-bond acceptors (Lipinski definition) is 6. The highest BCUT2D eigenvalue weighted by Gasteiger charge is 2.36. The van der Waals surface area contributed by atoms with Crippen LogP contribution in [0.25, 0.3) is 0 Å². The number of amides is 1. The van der Waals surface area contributed by atoms with Crippen LogP contribution in [-0.2, 0) is 27.0 Å². The van der Waals surface area contributed by atoms with Gasteiger partial charge in [-0.05, 0) is 59.9 Å². The first-order valence-electron chi connectivity index (χ1n) is 13.4. The minimum atomic E-state index is -1.10. The van der Waals surface area contributed by atoms with E-state index in [9.17, 15) is 18.7 Å². The Labute approximate surface area is 230 Å². The second kappa shape index (κ2) is 13.5. The first-order chi connectivity index (χ1) is 18.5. The van der Waals surface area contributed by atoms with Gasteiger partial charge in [0.05, 0.1) is 18.6 Å². The van der Waals surface area contributed by atoms with Crippen molar-refractivity contribution in [3.63, 3.8) is 0 Å². The third-order valence-electron chi connectivity index (χ3n) is 7.30. The summed E-state index contributed by atoms with van der Waals surface area (Å²) in [5.41, 5.74) is 11.5. The molecule has 0 fully saturated rings. The molecule has 0 heterocycles. The van der Waals surface area contributed by atoms with Crippen LogP contribution >= 0.6 is 0 Å². The van der Waals surface area contributed by atoms with Crippen molar-refractivity contribution in [2.45, 2.75) is 63.5 Å². The highest BCUT2D eigenvalue weighted by atomic mass is 19.1. The average Bonchev–Trinajstić information content (AvgIpc) is 2.90. The molecule has 1 aliphatic carbocycles. The lowest BCUT2D eigenvalue weighted by Crippen LogP contribution is -2.50. The molecule has 9 heteroatoms. The van der Waals surface area contributed by atoms with Crippen molar-refractivity contribution in [1.29, 1.82) is 0 Å². The second-order valence-corrected chi connectivity index (χ2v) is 11.2. The first kappa shape index (κ1) is 30.7. The lowest BCUT2D eigenvalue weighted by Gasteiger charge is -2.40. The molecule has 3 unspecified atom stereocenters. The van der Waals surface area contributed by atoms with E-state index >= 15 is 0 Å². The number of benzene rings is 2. The first-order valence-corrected chi connectivity index (χ1v) is 13.4. The molecule has 7 nitrogen and oxygen atoms in total. The zero-order valence-electron chi connectivity index (χ0n) is 23.3. The van der Waals surface area contributed by atoms with Crippen molar-refractivity contribution in [1.82, 2.24) is 16.1 Å². The van der Waals surface area contributed by atoms with Gasteiger partial charge in [0.25, 0.3) is 0 Å². The molecule has 2 aromatic rings. The van der Waals surface area contributed by atoms with E-state index in [4.69, 9.17) is 10.6 Å². The Balaban J connectivity index is 1.86. The van der Waals surface area contributed by atoms with Crippen LogP contribution in [0.15, 0.2) is 54.2 Å². The monoisotopic (exact) mass is 544 g/mol. The van der Waals surface area contributed by atoms with E-state index in [-0.39, 0.29) is 18.4 Å². The number of rotatable bonds is 12. The molecule has 0 saturated carbocycles. The van der Waals surface area contributed by atoms with Gasteiger partial charge in [0, 0.05) is 37.4 Å². The third kappa shape index (κ3) is 8.32. The van der Waals surface area contributed by atoms with Gasteiger partial charge in [0.2, 0.25) is 5.91 Å². The number of aliphatic hydroxyl groups excluding tert-OH is 1. The van der Waals surface area contributed by atoms with E-state index in [1.807, 2.05) is 6.07 Å². The van der Waals surface area contributed by atoms with Gasteiger partial charge in [-0.3, -0.25) is 15.1 Å². The summed E-state index contributed by atoms with van der Waals surface area (Å²) in [5.74, 6) is -2.74.